The second kappa shape index (κ2) is 6.20. The zero-order chi connectivity index (χ0) is 14.8. The molecule has 0 bridgehead atoms. The summed E-state index contributed by atoms with van der Waals surface area (Å²) in [6.45, 7) is 4.43. The summed E-state index contributed by atoms with van der Waals surface area (Å²) >= 11 is 6.30. The first-order valence-electron chi connectivity index (χ1n) is 7.32. The van der Waals surface area contributed by atoms with Gasteiger partial charge in [0.05, 0.1) is 19.1 Å². The fourth-order valence-corrected chi connectivity index (χ4v) is 2.98. The molecule has 3 rings (SSSR count). The van der Waals surface area contributed by atoms with Crippen LogP contribution in [-0.4, -0.2) is 34.9 Å². The molecule has 1 aliphatic heterocycles. The van der Waals surface area contributed by atoms with Gasteiger partial charge in [0.15, 0.2) is 5.65 Å². The van der Waals surface area contributed by atoms with Crippen molar-refractivity contribution < 1.29 is 9.47 Å². The van der Waals surface area contributed by atoms with Crippen LogP contribution in [0.2, 0.25) is 0 Å². The Balaban J connectivity index is 2.01. The smallest absolute Gasteiger partial charge is 0.215 e. The molecule has 114 valence electrons. The number of fused-ring (bicyclic) bond motifs is 1. The molecule has 0 aromatic carbocycles. The fraction of sp³-hybridized carbons (Fsp3) is 0.600. The summed E-state index contributed by atoms with van der Waals surface area (Å²) in [6.07, 6.45) is 2.28. The Labute approximate surface area is 129 Å². The quantitative estimate of drug-likeness (QED) is 0.814. The SMILES string of the molecule is COc1ccc2nc(C(C)Cl)n(CC3CCCOC3)c2n1. The first-order chi connectivity index (χ1) is 10.2. The van der Waals surface area contributed by atoms with E-state index in [2.05, 4.69) is 14.5 Å². The van der Waals surface area contributed by atoms with E-state index in [1.54, 1.807) is 7.11 Å². The number of imidazole rings is 1. The summed E-state index contributed by atoms with van der Waals surface area (Å²) in [5.74, 6) is 1.94. The van der Waals surface area contributed by atoms with E-state index in [9.17, 15) is 0 Å². The summed E-state index contributed by atoms with van der Waals surface area (Å²) in [7, 11) is 1.62. The monoisotopic (exact) mass is 309 g/mol. The summed E-state index contributed by atoms with van der Waals surface area (Å²) in [5.41, 5.74) is 1.69. The van der Waals surface area contributed by atoms with Gasteiger partial charge in [-0.25, -0.2) is 4.98 Å². The van der Waals surface area contributed by atoms with Gasteiger partial charge in [0.2, 0.25) is 5.88 Å². The van der Waals surface area contributed by atoms with Crippen molar-refractivity contribution in [1.29, 1.82) is 0 Å². The summed E-state index contributed by atoms with van der Waals surface area (Å²) in [4.78, 5) is 9.17. The molecule has 6 heteroatoms. The Kier molecular flexibility index (Phi) is 4.31. The van der Waals surface area contributed by atoms with Crippen molar-refractivity contribution in [3.63, 3.8) is 0 Å². The summed E-state index contributed by atoms with van der Waals surface area (Å²) < 4.78 is 12.9. The van der Waals surface area contributed by atoms with E-state index in [1.165, 1.54) is 6.42 Å². The van der Waals surface area contributed by atoms with E-state index in [0.717, 1.165) is 43.2 Å². The maximum atomic E-state index is 6.30. The van der Waals surface area contributed by atoms with Crippen LogP contribution < -0.4 is 4.74 Å². The number of alkyl halides is 1. The molecule has 0 radical (unpaired) electrons. The lowest BCUT2D eigenvalue weighted by Crippen LogP contribution is -2.23. The van der Waals surface area contributed by atoms with Crippen LogP contribution in [0.3, 0.4) is 0 Å². The van der Waals surface area contributed by atoms with Gasteiger partial charge in [-0.05, 0) is 25.8 Å². The Morgan fingerprint density at radius 2 is 2.33 bits per heavy atom. The number of methoxy groups -OCH3 is 1. The highest BCUT2D eigenvalue weighted by Gasteiger charge is 2.21. The van der Waals surface area contributed by atoms with Gasteiger partial charge in [-0.1, -0.05) is 0 Å². The number of halogens is 1. The largest absolute Gasteiger partial charge is 0.481 e. The first kappa shape index (κ1) is 14.6. The van der Waals surface area contributed by atoms with Crippen molar-refractivity contribution in [2.24, 2.45) is 5.92 Å². The minimum Gasteiger partial charge on any atom is -0.481 e. The Morgan fingerprint density at radius 3 is 3.00 bits per heavy atom. The second-order valence-electron chi connectivity index (χ2n) is 5.48. The van der Waals surface area contributed by atoms with Gasteiger partial charge >= 0.3 is 0 Å². The molecule has 2 atom stereocenters. The van der Waals surface area contributed by atoms with E-state index >= 15 is 0 Å². The molecule has 0 amide bonds. The third-order valence-electron chi connectivity index (χ3n) is 3.86. The lowest BCUT2D eigenvalue weighted by atomic mass is 10.0. The van der Waals surface area contributed by atoms with Crippen LogP contribution in [0.15, 0.2) is 12.1 Å². The van der Waals surface area contributed by atoms with Gasteiger partial charge < -0.3 is 14.0 Å². The molecule has 2 aromatic heterocycles. The molecular formula is C15H20ClN3O2. The number of ether oxygens (including phenoxy) is 2. The molecular weight excluding hydrogens is 290 g/mol. The highest BCUT2D eigenvalue weighted by atomic mass is 35.5. The minimum absolute atomic E-state index is 0.158. The average Bonchev–Trinajstić information content (AvgIpc) is 2.86. The molecule has 3 heterocycles. The van der Waals surface area contributed by atoms with Gasteiger partial charge in [0, 0.05) is 25.1 Å². The minimum atomic E-state index is -0.158. The van der Waals surface area contributed by atoms with Crippen LogP contribution in [0.4, 0.5) is 0 Å². The Morgan fingerprint density at radius 1 is 1.48 bits per heavy atom. The van der Waals surface area contributed by atoms with Gasteiger partial charge in [-0.2, -0.15) is 4.98 Å². The van der Waals surface area contributed by atoms with Gasteiger partial charge in [0.1, 0.15) is 11.3 Å². The van der Waals surface area contributed by atoms with E-state index in [4.69, 9.17) is 21.1 Å². The first-order valence-corrected chi connectivity index (χ1v) is 7.75. The molecule has 5 nitrogen and oxygen atoms in total. The Hall–Kier alpha value is -1.33. The van der Waals surface area contributed by atoms with Crippen molar-refractivity contribution in [2.75, 3.05) is 20.3 Å². The van der Waals surface area contributed by atoms with E-state index < -0.39 is 0 Å². The molecule has 2 aromatic rings. The third-order valence-corrected chi connectivity index (χ3v) is 4.05. The third kappa shape index (κ3) is 2.99. The number of pyridine rings is 1. The number of hydrogen-bond acceptors (Lipinski definition) is 4. The molecule has 1 fully saturated rings. The summed E-state index contributed by atoms with van der Waals surface area (Å²) in [6, 6.07) is 3.75. The maximum absolute atomic E-state index is 6.30. The molecule has 0 N–H and O–H groups in total. The van der Waals surface area contributed by atoms with Crippen molar-refractivity contribution in [1.82, 2.24) is 14.5 Å². The van der Waals surface area contributed by atoms with Gasteiger partial charge in [0.25, 0.3) is 0 Å². The average molecular weight is 310 g/mol. The van der Waals surface area contributed by atoms with Crippen molar-refractivity contribution in [3.05, 3.63) is 18.0 Å². The predicted molar refractivity (Wildman–Crippen MR) is 81.9 cm³/mol. The highest BCUT2D eigenvalue weighted by Crippen LogP contribution is 2.27. The normalized spacial score (nSPS) is 20.6. The second-order valence-corrected chi connectivity index (χ2v) is 6.13. The van der Waals surface area contributed by atoms with E-state index in [-0.39, 0.29) is 5.38 Å². The van der Waals surface area contributed by atoms with Crippen LogP contribution >= 0.6 is 11.6 Å². The molecule has 1 aliphatic rings. The zero-order valence-electron chi connectivity index (χ0n) is 12.4. The maximum Gasteiger partial charge on any atom is 0.215 e. The molecule has 0 saturated carbocycles. The van der Waals surface area contributed by atoms with Crippen molar-refractivity contribution in [3.8, 4) is 5.88 Å². The van der Waals surface area contributed by atoms with E-state index in [0.29, 0.717) is 11.8 Å². The topological polar surface area (TPSA) is 49.2 Å². The predicted octanol–water partition coefficient (Wildman–Crippen LogP) is 3.17. The van der Waals surface area contributed by atoms with Crippen molar-refractivity contribution >= 4 is 22.8 Å². The van der Waals surface area contributed by atoms with Crippen LogP contribution in [0.5, 0.6) is 5.88 Å². The van der Waals surface area contributed by atoms with Crippen molar-refractivity contribution in [2.45, 2.75) is 31.7 Å². The van der Waals surface area contributed by atoms with Crippen LogP contribution in [-0.2, 0) is 11.3 Å². The molecule has 1 saturated heterocycles. The number of rotatable bonds is 4. The van der Waals surface area contributed by atoms with Gasteiger partial charge in [-0.15, -0.1) is 11.6 Å². The lowest BCUT2D eigenvalue weighted by molar-refractivity contribution is 0.0484. The summed E-state index contributed by atoms with van der Waals surface area (Å²) in [5, 5.41) is -0.158. The van der Waals surface area contributed by atoms with Crippen LogP contribution in [0.1, 0.15) is 31.0 Å². The standard InChI is InChI=1S/C15H20ClN3O2/c1-10(16)14-17-12-5-6-13(20-2)18-15(12)19(14)8-11-4-3-7-21-9-11/h5-6,10-11H,3-4,7-9H2,1-2H3. The highest BCUT2D eigenvalue weighted by molar-refractivity contribution is 6.20. The molecule has 21 heavy (non-hydrogen) atoms. The zero-order valence-corrected chi connectivity index (χ0v) is 13.1. The lowest BCUT2D eigenvalue weighted by Gasteiger charge is -2.23. The molecule has 0 spiro atoms. The Bertz CT molecular complexity index is 621. The number of nitrogens with zero attached hydrogens (tertiary/aromatic N) is 3. The van der Waals surface area contributed by atoms with Gasteiger partial charge in [-0.3, -0.25) is 0 Å². The molecule has 0 aliphatic carbocycles. The van der Waals surface area contributed by atoms with Crippen LogP contribution in [0, 0.1) is 5.92 Å². The number of hydrogen-bond donors (Lipinski definition) is 0. The van der Waals surface area contributed by atoms with E-state index in [1.807, 2.05) is 19.1 Å². The van der Waals surface area contributed by atoms with Crippen LogP contribution in [0.25, 0.3) is 11.2 Å². The number of aromatic nitrogens is 3. The molecule has 2 unspecified atom stereocenters. The fourth-order valence-electron chi connectivity index (χ4n) is 2.81.